The van der Waals surface area contributed by atoms with Crippen molar-refractivity contribution >= 4 is 29.0 Å². The van der Waals surface area contributed by atoms with Gasteiger partial charge in [0.25, 0.3) is 0 Å². The van der Waals surface area contributed by atoms with Crippen LogP contribution in [0.4, 0.5) is 5.82 Å². The summed E-state index contributed by atoms with van der Waals surface area (Å²) in [5.41, 5.74) is 2.76. The van der Waals surface area contributed by atoms with Crippen LogP contribution in [0.2, 0.25) is 5.02 Å². The molecule has 1 fully saturated rings. The second-order valence-corrected chi connectivity index (χ2v) is 7.04. The molecule has 0 radical (unpaired) electrons. The van der Waals surface area contributed by atoms with Crippen molar-refractivity contribution < 1.29 is 4.79 Å². The van der Waals surface area contributed by atoms with Gasteiger partial charge in [-0.25, -0.2) is 9.50 Å². The van der Waals surface area contributed by atoms with Crippen LogP contribution in [0.3, 0.4) is 0 Å². The van der Waals surface area contributed by atoms with Crippen molar-refractivity contribution in [2.75, 3.05) is 18.0 Å². The number of hydrogen-bond donors (Lipinski definition) is 1. The number of amides is 1. The first kappa shape index (κ1) is 16.8. The van der Waals surface area contributed by atoms with Crippen molar-refractivity contribution in [3.8, 4) is 0 Å². The van der Waals surface area contributed by atoms with Crippen LogP contribution in [0, 0.1) is 6.92 Å². The minimum atomic E-state index is 0.00671. The predicted octanol–water partition coefficient (Wildman–Crippen LogP) is 2.63. The van der Waals surface area contributed by atoms with E-state index in [1.165, 1.54) is 0 Å². The first-order chi connectivity index (χ1) is 12.6. The van der Waals surface area contributed by atoms with Crippen molar-refractivity contribution in [1.29, 1.82) is 0 Å². The maximum Gasteiger partial charge on any atom is 0.224 e. The van der Waals surface area contributed by atoms with Crippen LogP contribution in [-0.2, 0) is 11.2 Å². The molecule has 1 atom stereocenters. The Morgan fingerprint density at radius 3 is 3.08 bits per heavy atom. The topological polar surface area (TPSA) is 62.5 Å². The SMILES string of the molecule is Cc1cccc(Cl)c1CC(=O)N[C@H]1CCN(c2ccn3nccc3n2)C1. The fraction of sp³-hybridized carbons (Fsp3) is 0.316. The zero-order valence-electron chi connectivity index (χ0n) is 14.5. The second-order valence-electron chi connectivity index (χ2n) is 6.63. The van der Waals surface area contributed by atoms with Gasteiger partial charge in [-0.1, -0.05) is 23.7 Å². The lowest BCUT2D eigenvalue weighted by Crippen LogP contribution is -2.38. The van der Waals surface area contributed by atoms with Gasteiger partial charge >= 0.3 is 0 Å². The molecule has 1 amide bonds. The normalized spacial score (nSPS) is 17.0. The Kier molecular flexibility index (Phi) is 4.51. The van der Waals surface area contributed by atoms with Crippen LogP contribution >= 0.6 is 11.6 Å². The number of hydrogen-bond acceptors (Lipinski definition) is 4. The summed E-state index contributed by atoms with van der Waals surface area (Å²) < 4.78 is 1.74. The molecule has 1 saturated heterocycles. The van der Waals surface area contributed by atoms with E-state index in [9.17, 15) is 4.79 Å². The van der Waals surface area contributed by atoms with E-state index in [1.54, 1.807) is 10.7 Å². The third-order valence-corrected chi connectivity index (χ3v) is 5.17. The van der Waals surface area contributed by atoms with Crippen LogP contribution in [0.15, 0.2) is 42.7 Å². The number of carbonyl (C=O) groups excluding carboxylic acids is 1. The molecule has 134 valence electrons. The quantitative estimate of drug-likeness (QED) is 0.768. The Bertz CT molecular complexity index is 934. The minimum Gasteiger partial charge on any atom is -0.354 e. The molecule has 7 heteroatoms. The summed E-state index contributed by atoms with van der Waals surface area (Å²) in [6.07, 6.45) is 4.85. The maximum absolute atomic E-state index is 12.4. The second kappa shape index (κ2) is 6.96. The van der Waals surface area contributed by atoms with Gasteiger partial charge in [0.15, 0.2) is 5.65 Å². The van der Waals surface area contributed by atoms with Crippen LogP contribution in [-0.4, -0.2) is 39.6 Å². The van der Waals surface area contributed by atoms with E-state index in [1.807, 2.05) is 43.5 Å². The van der Waals surface area contributed by atoms with Gasteiger partial charge in [0, 0.05) is 36.4 Å². The van der Waals surface area contributed by atoms with Crippen LogP contribution in [0.5, 0.6) is 0 Å². The number of aromatic nitrogens is 3. The molecular weight excluding hydrogens is 350 g/mol. The number of halogens is 1. The number of carbonyl (C=O) groups is 1. The number of nitrogens with zero attached hydrogens (tertiary/aromatic N) is 4. The van der Waals surface area contributed by atoms with Gasteiger partial charge in [0.05, 0.1) is 12.6 Å². The van der Waals surface area contributed by atoms with Gasteiger partial charge in [-0.3, -0.25) is 4.79 Å². The highest BCUT2D eigenvalue weighted by Gasteiger charge is 2.25. The lowest BCUT2D eigenvalue weighted by molar-refractivity contribution is -0.121. The number of aryl methyl sites for hydroxylation is 1. The lowest BCUT2D eigenvalue weighted by atomic mass is 10.1. The first-order valence-electron chi connectivity index (χ1n) is 8.69. The summed E-state index contributed by atoms with van der Waals surface area (Å²) in [5.74, 6) is 0.920. The zero-order valence-corrected chi connectivity index (χ0v) is 15.3. The third kappa shape index (κ3) is 3.37. The predicted molar refractivity (Wildman–Crippen MR) is 102 cm³/mol. The standard InChI is InChI=1S/C19H20ClN5O/c1-13-3-2-4-16(20)15(13)11-19(26)22-14-6-9-24(12-14)17-7-10-25-18(23-17)5-8-21-25/h2-5,7-8,10,14H,6,9,11-12H2,1H3,(H,22,26)/t14-/m0/s1. The molecule has 0 unspecified atom stereocenters. The smallest absolute Gasteiger partial charge is 0.224 e. The van der Waals surface area contributed by atoms with Crippen LogP contribution in [0.1, 0.15) is 17.5 Å². The van der Waals surface area contributed by atoms with E-state index in [0.29, 0.717) is 11.4 Å². The highest BCUT2D eigenvalue weighted by molar-refractivity contribution is 6.31. The largest absolute Gasteiger partial charge is 0.354 e. The molecule has 0 saturated carbocycles. The van der Waals surface area contributed by atoms with Crippen molar-refractivity contribution in [1.82, 2.24) is 19.9 Å². The molecule has 3 heterocycles. The summed E-state index contributed by atoms with van der Waals surface area (Å²) in [4.78, 5) is 19.3. The van der Waals surface area contributed by atoms with Crippen LogP contribution in [0.25, 0.3) is 5.65 Å². The Morgan fingerprint density at radius 2 is 2.23 bits per heavy atom. The lowest BCUT2D eigenvalue weighted by Gasteiger charge is -2.18. The Hall–Kier alpha value is -2.60. The summed E-state index contributed by atoms with van der Waals surface area (Å²) in [5, 5.41) is 7.94. The molecule has 0 spiro atoms. The maximum atomic E-state index is 12.4. The molecule has 3 aromatic rings. The van der Waals surface area contributed by atoms with E-state index in [2.05, 4.69) is 20.3 Å². The van der Waals surface area contributed by atoms with Gasteiger partial charge < -0.3 is 10.2 Å². The highest BCUT2D eigenvalue weighted by Crippen LogP contribution is 2.21. The molecule has 1 aromatic carbocycles. The minimum absolute atomic E-state index is 0.00671. The molecule has 4 rings (SSSR count). The highest BCUT2D eigenvalue weighted by atomic mass is 35.5. The van der Waals surface area contributed by atoms with Crippen molar-refractivity contribution in [2.24, 2.45) is 0 Å². The van der Waals surface area contributed by atoms with Gasteiger partial charge in [-0.2, -0.15) is 5.10 Å². The fourth-order valence-corrected chi connectivity index (χ4v) is 3.68. The van der Waals surface area contributed by atoms with Gasteiger partial charge in [-0.15, -0.1) is 0 Å². The number of rotatable bonds is 4. The number of anilines is 1. The Labute approximate surface area is 156 Å². The fourth-order valence-electron chi connectivity index (χ4n) is 3.39. The molecule has 1 aliphatic rings. The van der Waals surface area contributed by atoms with E-state index < -0.39 is 0 Å². The van der Waals surface area contributed by atoms with E-state index in [4.69, 9.17) is 11.6 Å². The van der Waals surface area contributed by atoms with Crippen molar-refractivity contribution in [3.05, 3.63) is 58.9 Å². The average molecular weight is 370 g/mol. The summed E-state index contributed by atoms with van der Waals surface area (Å²) in [7, 11) is 0. The Morgan fingerprint density at radius 1 is 1.35 bits per heavy atom. The number of benzene rings is 1. The molecule has 2 aromatic heterocycles. The average Bonchev–Trinajstić information content (AvgIpc) is 3.26. The molecule has 1 N–H and O–H groups in total. The molecule has 0 bridgehead atoms. The van der Waals surface area contributed by atoms with E-state index >= 15 is 0 Å². The monoisotopic (exact) mass is 369 g/mol. The van der Waals surface area contributed by atoms with Gasteiger partial charge in [0.1, 0.15) is 5.82 Å². The van der Waals surface area contributed by atoms with Gasteiger partial charge in [-0.05, 0) is 36.6 Å². The number of nitrogens with one attached hydrogen (secondary N) is 1. The summed E-state index contributed by atoms with van der Waals surface area (Å²) in [6.45, 7) is 3.60. The van der Waals surface area contributed by atoms with Crippen molar-refractivity contribution in [3.63, 3.8) is 0 Å². The van der Waals surface area contributed by atoms with Crippen LogP contribution < -0.4 is 10.2 Å². The molecule has 0 aliphatic carbocycles. The Balaban J connectivity index is 1.38. The van der Waals surface area contributed by atoms with Crippen molar-refractivity contribution in [2.45, 2.75) is 25.8 Å². The van der Waals surface area contributed by atoms with E-state index in [-0.39, 0.29) is 11.9 Å². The zero-order chi connectivity index (χ0) is 18.1. The summed E-state index contributed by atoms with van der Waals surface area (Å²) in [6, 6.07) is 9.66. The molecule has 6 nitrogen and oxygen atoms in total. The first-order valence-corrected chi connectivity index (χ1v) is 9.06. The molecule has 1 aliphatic heterocycles. The van der Waals surface area contributed by atoms with E-state index in [0.717, 1.165) is 42.1 Å². The third-order valence-electron chi connectivity index (χ3n) is 4.81. The number of fused-ring (bicyclic) bond motifs is 1. The molecular formula is C19H20ClN5O. The van der Waals surface area contributed by atoms with Gasteiger partial charge in [0.2, 0.25) is 5.91 Å². The summed E-state index contributed by atoms with van der Waals surface area (Å²) >= 11 is 6.23. The molecule has 26 heavy (non-hydrogen) atoms.